The molecule has 1 aromatic heterocycles. The van der Waals surface area contributed by atoms with E-state index < -0.39 is 10.1 Å². The highest BCUT2D eigenvalue weighted by Gasteiger charge is 2.12. The van der Waals surface area contributed by atoms with Gasteiger partial charge < -0.3 is 0 Å². The molecule has 2 rings (SSSR count). The topological polar surface area (TPSA) is 71.1 Å². The van der Waals surface area contributed by atoms with Crippen LogP contribution in [0.25, 0.3) is 10.9 Å². The van der Waals surface area contributed by atoms with Crippen LogP contribution in [0.5, 0.6) is 0 Å². The number of benzene rings is 1. The van der Waals surface area contributed by atoms with Gasteiger partial charge in [-0.2, -0.15) is 8.42 Å². The quantitative estimate of drug-likeness (QED) is 0.646. The Morgan fingerprint density at radius 2 is 2.12 bits per heavy atom. The van der Waals surface area contributed by atoms with E-state index in [1.807, 2.05) is 31.2 Å². The van der Waals surface area contributed by atoms with Crippen LogP contribution in [-0.4, -0.2) is 23.8 Å². The Labute approximate surface area is 99.5 Å². The maximum absolute atomic E-state index is 10.6. The first-order chi connectivity index (χ1) is 7.96. The van der Waals surface area contributed by atoms with Crippen LogP contribution in [0.2, 0.25) is 0 Å². The second kappa shape index (κ2) is 4.38. The number of aromatic nitrogens is 2. The van der Waals surface area contributed by atoms with E-state index >= 15 is 0 Å². The Kier molecular flexibility index (Phi) is 3.08. The van der Waals surface area contributed by atoms with Crippen LogP contribution < -0.4 is 4.68 Å². The molecule has 17 heavy (non-hydrogen) atoms. The molecule has 0 atom stereocenters. The molecular weight excluding hydrogens is 240 g/mol. The lowest BCUT2D eigenvalue weighted by Gasteiger charge is -1.99. The van der Waals surface area contributed by atoms with Gasteiger partial charge in [0, 0.05) is 16.6 Å². The van der Waals surface area contributed by atoms with Crippen LogP contribution >= 0.6 is 0 Å². The Hall–Kier alpha value is -1.53. The minimum atomic E-state index is -3.94. The van der Waals surface area contributed by atoms with Crippen LogP contribution in [0.1, 0.15) is 5.56 Å². The summed E-state index contributed by atoms with van der Waals surface area (Å²) < 4.78 is 31.5. The molecule has 2 aromatic rings. The molecule has 0 radical (unpaired) electrons. The lowest BCUT2D eigenvalue weighted by molar-refractivity contribution is -0.747. The van der Waals surface area contributed by atoms with Gasteiger partial charge in [0.2, 0.25) is 0 Å². The van der Waals surface area contributed by atoms with E-state index in [-0.39, 0.29) is 12.3 Å². The monoisotopic (exact) mass is 253 g/mol. The van der Waals surface area contributed by atoms with Crippen LogP contribution in [0, 0.1) is 6.92 Å². The zero-order valence-corrected chi connectivity index (χ0v) is 10.2. The van der Waals surface area contributed by atoms with Gasteiger partial charge in [0.05, 0.1) is 0 Å². The highest BCUT2D eigenvalue weighted by Crippen LogP contribution is 2.13. The molecule has 0 aliphatic heterocycles. The number of rotatable bonds is 3. The van der Waals surface area contributed by atoms with Crippen molar-refractivity contribution in [3.8, 4) is 0 Å². The first kappa shape index (κ1) is 11.9. The molecular formula is C11H13N2O3S+. The number of nitrogens with zero attached hydrogens (tertiary/aromatic N) is 2. The predicted molar refractivity (Wildman–Crippen MR) is 63.1 cm³/mol. The van der Waals surface area contributed by atoms with Gasteiger partial charge in [0.25, 0.3) is 10.1 Å². The van der Waals surface area contributed by atoms with E-state index in [4.69, 9.17) is 4.55 Å². The van der Waals surface area contributed by atoms with Crippen molar-refractivity contribution >= 4 is 21.0 Å². The fraction of sp³-hybridized carbons (Fsp3) is 0.273. The third kappa shape index (κ3) is 2.98. The molecule has 5 nitrogen and oxygen atoms in total. The highest BCUT2D eigenvalue weighted by atomic mass is 32.2. The highest BCUT2D eigenvalue weighted by molar-refractivity contribution is 7.85. The molecule has 0 spiro atoms. The van der Waals surface area contributed by atoms with Gasteiger partial charge in [-0.1, -0.05) is 16.8 Å². The molecule has 1 N–H and O–H groups in total. The van der Waals surface area contributed by atoms with Gasteiger partial charge in [-0.3, -0.25) is 4.55 Å². The Morgan fingerprint density at radius 1 is 1.35 bits per heavy atom. The van der Waals surface area contributed by atoms with Crippen molar-refractivity contribution < 1.29 is 17.7 Å². The van der Waals surface area contributed by atoms with Gasteiger partial charge in [0.1, 0.15) is 11.3 Å². The Bertz CT molecular complexity index is 653. The summed E-state index contributed by atoms with van der Waals surface area (Å²) >= 11 is 0. The van der Waals surface area contributed by atoms with Crippen LogP contribution in [-0.2, 0) is 16.7 Å². The second-order valence-electron chi connectivity index (χ2n) is 3.87. The van der Waals surface area contributed by atoms with E-state index in [2.05, 4.69) is 5.10 Å². The van der Waals surface area contributed by atoms with Gasteiger partial charge >= 0.3 is 0 Å². The molecule has 6 heteroatoms. The van der Waals surface area contributed by atoms with Gasteiger partial charge in [-0.05, 0) is 18.6 Å². The molecule has 0 aliphatic rings. The minimum Gasteiger partial charge on any atom is -0.285 e. The first-order valence-electron chi connectivity index (χ1n) is 5.17. The van der Waals surface area contributed by atoms with Crippen LogP contribution in [0.15, 0.2) is 30.5 Å². The summed E-state index contributed by atoms with van der Waals surface area (Å²) in [6.45, 7) is 2.13. The smallest absolute Gasteiger partial charge is 0.271 e. The fourth-order valence-corrected chi connectivity index (χ4v) is 2.05. The van der Waals surface area contributed by atoms with E-state index in [1.54, 1.807) is 6.20 Å². The maximum Gasteiger partial charge on any atom is 0.271 e. The van der Waals surface area contributed by atoms with Crippen molar-refractivity contribution in [1.29, 1.82) is 0 Å². The predicted octanol–water partition coefficient (Wildman–Crippen LogP) is 0.719. The summed E-state index contributed by atoms with van der Waals surface area (Å²) in [7, 11) is -3.94. The number of aryl methyl sites for hydroxylation is 2. The van der Waals surface area contributed by atoms with E-state index in [9.17, 15) is 8.42 Å². The first-order valence-corrected chi connectivity index (χ1v) is 6.78. The number of fused-ring (bicyclic) bond motifs is 1. The van der Waals surface area contributed by atoms with E-state index in [1.165, 1.54) is 4.68 Å². The molecule has 0 unspecified atom stereocenters. The molecule has 90 valence electrons. The molecule has 0 fully saturated rings. The zero-order chi connectivity index (χ0) is 12.5. The van der Waals surface area contributed by atoms with Crippen molar-refractivity contribution in [1.82, 2.24) is 5.10 Å². The molecule has 0 saturated carbocycles. The molecule has 0 bridgehead atoms. The average molecular weight is 253 g/mol. The average Bonchev–Trinajstić information content (AvgIpc) is 2.26. The van der Waals surface area contributed by atoms with Gasteiger partial charge in [-0.15, -0.1) is 0 Å². The SMILES string of the molecule is Cc1cccc2n[n+](CCS(=O)(=O)O)ccc12. The summed E-state index contributed by atoms with van der Waals surface area (Å²) in [5, 5.41) is 5.32. The largest absolute Gasteiger partial charge is 0.285 e. The fourth-order valence-electron chi connectivity index (χ4n) is 1.63. The lowest BCUT2D eigenvalue weighted by Crippen LogP contribution is -2.40. The summed E-state index contributed by atoms with van der Waals surface area (Å²) in [5.41, 5.74) is 1.93. The number of hydrogen-bond donors (Lipinski definition) is 1. The molecule has 0 aliphatic carbocycles. The molecule has 0 saturated heterocycles. The van der Waals surface area contributed by atoms with Crippen molar-refractivity contribution in [3.63, 3.8) is 0 Å². The second-order valence-corrected chi connectivity index (χ2v) is 5.44. The lowest BCUT2D eigenvalue weighted by atomic mass is 10.1. The normalized spacial score (nSPS) is 11.9. The summed E-state index contributed by atoms with van der Waals surface area (Å²) in [6.07, 6.45) is 1.71. The molecule has 0 amide bonds. The van der Waals surface area contributed by atoms with Crippen LogP contribution in [0.4, 0.5) is 0 Å². The summed E-state index contributed by atoms with van der Waals surface area (Å²) in [4.78, 5) is 0. The van der Waals surface area contributed by atoms with E-state index in [0.717, 1.165) is 16.5 Å². The van der Waals surface area contributed by atoms with E-state index in [0.29, 0.717) is 0 Å². The van der Waals surface area contributed by atoms with Gasteiger partial charge in [0.15, 0.2) is 12.7 Å². The Balaban J connectivity index is 2.32. The van der Waals surface area contributed by atoms with Gasteiger partial charge in [-0.25, -0.2) is 0 Å². The Morgan fingerprint density at radius 3 is 2.82 bits per heavy atom. The minimum absolute atomic E-state index is 0.142. The third-order valence-corrected chi connectivity index (χ3v) is 3.23. The standard InChI is InChI=1S/C11H12N2O3S/c1-9-3-2-4-11-10(9)5-6-13(12-11)7-8-17(14,15)16/h2-6H,7-8H2,1H3/p+1. The van der Waals surface area contributed by atoms with Crippen LogP contribution in [0.3, 0.4) is 0 Å². The summed E-state index contributed by atoms with van der Waals surface area (Å²) in [5.74, 6) is -0.331. The van der Waals surface area contributed by atoms with Crippen molar-refractivity contribution in [3.05, 3.63) is 36.0 Å². The van der Waals surface area contributed by atoms with Crippen molar-refractivity contribution in [2.24, 2.45) is 0 Å². The zero-order valence-electron chi connectivity index (χ0n) is 9.37. The summed E-state index contributed by atoms with van der Waals surface area (Å²) in [6, 6.07) is 7.65. The third-order valence-electron chi connectivity index (χ3n) is 2.53. The molecule has 1 heterocycles. The van der Waals surface area contributed by atoms with Crippen molar-refractivity contribution in [2.45, 2.75) is 13.5 Å². The molecule has 1 aromatic carbocycles. The maximum atomic E-state index is 10.6. The van der Waals surface area contributed by atoms with Crippen molar-refractivity contribution in [2.75, 3.05) is 5.75 Å². The number of hydrogen-bond acceptors (Lipinski definition) is 3.